The van der Waals surface area contributed by atoms with Gasteiger partial charge in [-0.2, -0.15) is 0 Å². The lowest BCUT2D eigenvalue weighted by atomic mass is 10.0. The largest absolute Gasteiger partial charge is 0.497 e. The van der Waals surface area contributed by atoms with Crippen LogP contribution in [0.2, 0.25) is 0 Å². The Morgan fingerprint density at radius 2 is 2.24 bits per heavy atom. The number of nitrogens with zero attached hydrogens (tertiary/aromatic N) is 3. The van der Waals surface area contributed by atoms with Crippen molar-refractivity contribution in [2.24, 2.45) is 10.8 Å². The summed E-state index contributed by atoms with van der Waals surface area (Å²) in [6, 6.07) is 4.47. The van der Waals surface area contributed by atoms with Gasteiger partial charge in [0.15, 0.2) is 0 Å². The van der Waals surface area contributed by atoms with Crippen LogP contribution in [0.5, 0.6) is 11.5 Å². The second-order valence-electron chi connectivity index (χ2n) is 4.21. The predicted octanol–water partition coefficient (Wildman–Crippen LogP) is 1.52. The van der Waals surface area contributed by atoms with Crippen molar-refractivity contribution < 1.29 is 14.3 Å². The lowest BCUT2D eigenvalue weighted by Gasteiger charge is -2.19. The van der Waals surface area contributed by atoms with Crippen molar-refractivity contribution in [1.29, 1.82) is 0 Å². The third-order valence-electron chi connectivity index (χ3n) is 2.88. The van der Waals surface area contributed by atoms with Gasteiger partial charge in [-0.15, -0.1) is 0 Å². The van der Waals surface area contributed by atoms with E-state index in [1.807, 2.05) is 0 Å². The van der Waals surface area contributed by atoms with Gasteiger partial charge in [-0.05, 0) is 30.6 Å². The number of rotatable bonds is 9. The molecule has 114 valence electrons. The number of amides is 1. The van der Waals surface area contributed by atoms with Crippen molar-refractivity contribution in [2.75, 3.05) is 27.3 Å². The van der Waals surface area contributed by atoms with E-state index in [4.69, 9.17) is 20.7 Å². The van der Waals surface area contributed by atoms with Crippen LogP contribution in [0.25, 0.3) is 10.4 Å². The molecule has 3 N–H and O–H groups in total. The molecule has 0 radical (unpaired) electrons. The molecule has 1 aromatic carbocycles. The van der Waals surface area contributed by atoms with E-state index in [1.54, 1.807) is 25.3 Å². The fourth-order valence-corrected chi connectivity index (χ4v) is 1.86. The van der Waals surface area contributed by atoms with Crippen LogP contribution in [0.15, 0.2) is 23.3 Å². The van der Waals surface area contributed by atoms with Gasteiger partial charge in [0.25, 0.3) is 0 Å². The van der Waals surface area contributed by atoms with Gasteiger partial charge in [0.2, 0.25) is 5.91 Å². The third kappa shape index (κ3) is 4.87. The first-order valence-corrected chi connectivity index (χ1v) is 6.39. The normalized spacial score (nSPS) is 11.3. The molecule has 1 aromatic rings. The SMILES string of the molecule is COc1ccc(C(NCCCN=[N+]=[N-])C(N)=O)c(OC)c1. The van der Waals surface area contributed by atoms with Crippen molar-refractivity contribution in [1.82, 2.24) is 5.32 Å². The molecular weight excluding hydrogens is 274 g/mol. The summed E-state index contributed by atoms with van der Waals surface area (Å²) >= 11 is 0. The highest BCUT2D eigenvalue weighted by Gasteiger charge is 2.21. The fraction of sp³-hybridized carbons (Fsp3) is 0.462. The number of nitrogens with one attached hydrogen (secondary N) is 1. The molecule has 1 amide bonds. The summed E-state index contributed by atoms with van der Waals surface area (Å²) in [6.07, 6.45) is 0.603. The minimum atomic E-state index is -0.683. The molecule has 0 spiro atoms. The van der Waals surface area contributed by atoms with E-state index < -0.39 is 11.9 Å². The lowest BCUT2D eigenvalue weighted by Crippen LogP contribution is -2.34. The monoisotopic (exact) mass is 293 g/mol. The Hall–Kier alpha value is -2.44. The Labute approximate surface area is 122 Å². The van der Waals surface area contributed by atoms with Crippen LogP contribution in [-0.4, -0.2) is 33.2 Å². The van der Waals surface area contributed by atoms with Gasteiger partial charge in [-0.3, -0.25) is 4.79 Å². The van der Waals surface area contributed by atoms with Crippen LogP contribution in [0.1, 0.15) is 18.0 Å². The average molecular weight is 293 g/mol. The number of ether oxygens (including phenoxy) is 2. The third-order valence-corrected chi connectivity index (χ3v) is 2.88. The van der Waals surface area contributed by atoms with E-state index in [0.29, 0.717) is 36.6 Å². The molecule has 0 aliphatic heterocycles. The van der Waals surface area contributed by atoms with Crippen LogP contribution in [0.4, 0.5) is 0 Å². The number of hydrogen-bond acceptors (Lipinski definition) is 5. The smallest absolute Gasteiger partial charge is 0.239 e. The van der Waals surface area contributed by atoms with Crippen molar-refractivity contribution in [2.45, 2.75) is 12.5 Å². The molecule has 0 aromatic heterocycles. The van der Waals surface area contributed by atoms with Crippen molar-refractivity contribution in [3.8, 4) is 11.5 Å². The van der Waals surface area contributed by atoms with Crippen molar-refractivity contribution in [3.63, 3.8) is 0 Å². The minimum absolute atomic E-state index is 0.356. The molecule has 21 heavy (non-hydrogen) atoms. The molecule has 8 nitrogen and oxygen atoms in total. The number of hydrogen-bond donors (Lipinski definition) is 2. The summed E-state index contributed by atoms with van der Waals surface area (Å²) in [5, 5.41) is 6.45. The Balaban J connectivity index is 2.84. The molecule has 0 saturated carbocycles. The maximum Gasteiger partial charge on any atom is 0.239 e. The molecule has 0 aliphatic carbocycles. The standard InChI is InChI=1S/C13H19N5O3/c1-20-9-4-5-10(11(8-9)21-2)12(13(14)19)16-6-3-7-17-18-15/h4-5,8,12,16H,3,6-7H2,1-2H3,(H2,14,19). The summed E-state index contributed by atoms with van der Waals surface area (Å²) in [6.45, 7) is 0.844. The highest BCUT2D eigenvalue weighted by atomic mass is 16.5. The highest BCUT2D eigenvalue weighted by Crippen LogP contribution is 2.29. The summed E-state index contributed by atoms with van der Waals surface area (Å²) in [4.78, 5) is 14.3. The van der Waals surface area contributed by atoms with Gasteiger partial charge in [-0.25, -0.2) is 0 Å². The highest BCUT2D eigenvalue weighted by molar-refractivity contribution is 5.82. The number of carbonyl (C=O) groups is 1. The molecule has 1 unspecified atom stereocenters. The summed E-state index contributed by atoms with van der Waals surface area (Å²) < 4.78 is 10.4. The van der Waals surface area contributed by atoms with E-state index in [9.17, 15) is 4.79 Å². The maximum atomic E-state index is 11.6. The molecule has 0 fully saturated rings. The molecule has 1 atom stereocenters. The van der Waals surface area contributed by atoms with Gasteiger partial charge in [-0.1, -0.05) is 5.11 Å². The zero-order valence-corrected chi connectivity index (χ0v) is 12.1. The quantitative estimate of drug-likeness (QED) is 0.310. The molecule has 0 aliphatic rings. The van der Waals surface area contributed by atoms with E-state index in [1.165, 1.54) is 7.11 Å². The van der Waals surface area contributed by atoms with Gasteiger partial charge >= 0.3 is 0 Å². The number of benzene rings is 1. The summed E-state index contributed by atoms with van der Waals surface area (Å²) in [5.41, 5.74) is 14.3. The molecule has 1 rings (SSSR count). The van der Waals surface area contributed by atoms with Gasteiger partial charge in [0.05, 0.1) is 14.2 Å². The zero-order valence-electron chi connectivity index (χ0n) is 12.1. The van der Waals surface area contributed by atoms with Crippen molar-refractivity contribution in [3.05, 3.63) is 34.2 Å². The lowest BCUT2D eigenvalue weighted by molar-refractivity contribution is -0.120. The summed E-state index contributed by atoms with van der Waals surface area (Å²) in [5.74, 6) is 0.630. The zero-order chi connectivity index (χ0) is 15.7. The van der Waals surface area contributed by atoms with Gasteiger partial charge < -0.3 is 20.5 Å². The van der Waals surface area contributed by atoms with Crippen LogP contribution >= 0.6 is 0 Å². The topological polar surface area (TPSA) is 122 Å². The Morgan fingerprint density at radius 3 is 2.81 bits per heavy atom. The van der Waals surface area contributed by atoms with Crippen LogP contribution in [0.3, 0.4) is 0 Å². The Bertz CT molecular complexity index is 529. The average Bonchev–Trinajstić information content (AvgIpc) is 2.50. The fourth-order valence-electron chi connectivity index (χ4n) is 1.86. The van der Waals surface area contributed by atoms with Gasteiger partial charge in [0, 0.05) is 23.1 Å². The molecule has 0 saturated heterocycles. The number of methoxy groups -OCH3 is 2. The van der Waals surface area contributed by atoms with Gasteiger partial charge in [0.1, 0.15) is 17.5 Å². The summed E-state index contributed by atoms with van der Waals surface area (Å²) in [7, 11) is 3.06. The Morgan fingerprint density at radius 1 is 1.48 bits per heavy atom. The molecule has 0 bridgehead atoms. The molecular formula is C13H19N5O3. The number of nitrogens with two attached hydrogens (primary N) is 1. The number of primary amides is 1. The van der Waals surface area contributed by atoms with E-state index in [2.05, 4.69) is 15.3 Å². The van der Waals surface area contributed by atoms with E-state index in [-0.39, 0.29) is 0 Å². The first-order valence-electron chi connectivity index (χ1n) is 6.39. The van der Waals surface area contributed by atoms with Crippen LogP contribution in [0, 0.1) is 0 Å². The first kappa shape index (κ1) is 16.6. The van der Waals surface area contributed by atoms with E-state index in [0.717, 1.165) is 0 Å². The second kappa shape index (κ2) is 8.68. The van der Waals surface area contributed by atoms with Crippen LogP contribution in [-0.2, 0) is 4.79 Å². The Kier molecular flexibility index (Phi) is 6.86. The first-order chi connectivity index (χ1) is 10.1. The van der Waals surface area contributed by atoms with Crippen LogP contribution < -0.4 is 20.5 Å². The molecule has 0 heterocycles. The second-order valence-corrected chi connectivity index (χ2v) is 4.21. The number of carbonyl (C=O) groups excluding carboxylic acids is 1. The maximum absolute atomic E-state index is 11.6. The van der Waals surface area contributed by atoms with E-state index >= 15 is 0 Å². The minimum Gasteiger partial charge on any atom is -0.497 e. The van der Waals surface area contributed by atoms with Crippen molar-refractivity contribution >= 4 is 5.91 Å². The molecule has 8 heteroatoms. The number of azide groups is 1. The predicted molar refractivity (Wildman–Crippen MR) is 78.1 cm³/mol.